The van der Waals surface area contributed by atoms with E-state index in [4.69, 9.17) is 0 Å². The third kappa shape index (κ3) is 5.57. The number of nitrogens with one attached hydrogen (secondary N) is 1. The molecule has 0 saturated heterocycles. The maximum absolute atomic E-state index is 9.93. The number of benzene rings is 2. The molecule has 0 amide bonds. The molecule has 2 aromatic carbocycles. The Bertz CT molecular complexity index is 802. The molecule has 0 unspecified atom stereocenters. The molecule has 0 aliphatic rings. The Morgan fingerprint density at radius 3 is 2.62 bits per heavy atom. The van der Waals surface area contributed by atoms with Crippen LogP contribution in [0.2, 0.25) is 0 Å². The van der Waals surface area contributed by atoms with Gasteiger partial charge in [0.05, 0.1) is 6.20 Å². The molecule has 3 heteroatoms. The smallest absolute Gasteiger partial charge is 0.141 e. The summed E-state index contributed by atoms with van der Waals surface area (Å²) >= 11 is 0. The van der Waals surface area contributed by atoms with Gasteiger partial charge in [0.15, 0.2) is 0 Å². The first-order chi connectivity index (χ1) is 12.2. The maximum atomic E-state index is 9.93. The molecule has 138 valence electrons. The lowest BCUT2D eigenvalue weighted by Crippen LogP contribution is -2.25. The number of unbranched alkanes of at least 4 members (excludes halogenated alkanes) is 1. The molecule has 26 heavy (non-hydrogen) atoms. The standard InChI is InChI=1S/C22H26N2O.CH4/c1-17(7-5-6-10-18-8-3-2-4-9-18)24-14-19-11-12-20-15-23-16-22(25)21(20)13-19;/h2-4,8-9,11-13,15-17,24-25H,5-7,10,14H2,1H3;1H4/t17-;/m1./s1. The molecule has 0 aliphatic heterocycles. The first kappa shape index (κ1) is 19.9. The van der Waals surface area contributed by atoms with Crippen molar-refractivity contribution in [1.82, 2.24) is 10.3 Å². The first-order valence-electron chi connectivity index (χ1n) is 9.05. The van der Waals surface area contributed by atoms with Crippen molar-refractivity contribution in [1.29, 1.82) is 0 Å². The summed E-state index contributed by atoms with van der Waals surface area (Å²) in [5.74, 6) is 0.244. The topological polar surface area (TPSA) is 45.2 Å². The summed E-state index contributed by atoms with van der Waals surface area (Å²) in [4.78, 5) is 4.01. The van der Waals surface area contributed by atoms with Crippen molar-refractivity contribution in [2.45, 2.75) is 52.6 Å². The maximum Gasteiger partial charge on any atom is 0.141 e. The zero-order valence-electron chi connectivity index (χ0n) is 14.8. The van der Waals surface area contributed by atoms with E-state index in [1.807, 2.05) is 12.1 Å². The van der Waals surface area contributed by atoms with Gasteiger partial charge in [-0.15, -0.1) is 0 Å². The lowest BCUT2D eigenvalue weighted by molar-refractivity contribution is 0.479. The van der Waals surface area contributed by atoms with Crippen LogP contribution in [0.4, 0.5) is 0 Å². The molecule has 0 radical (unpaired) electrons. The zero-order chi connectivity index (χ0) is 17.5. The molecule has 0 saturated carbocycles. The van der Waals surface area contributed by atoms with Crippen LogP contribution in [0.15, 0.2) is 60.9 Å². The van der Waals surface area contributed by atoms with Crippen LogP contribution in [0.3, 0.4) is 0 Å². The number of rotatable bonds is 8. The summed E-state index contributed by atoms with van der Waals surface area (Å²) in [6, 6.07) is 17.3. The summed E-state index contributed by atoms with van der Waals surface area (Å²) < 4.78 is 0. The summed E-state index contributed by atoms with van der Waals surface area (Å²) in [6.07, 6.45) is 8.07. The molecule has 1 heterocycles. The van der Waals surface area contributed by atoms with Gasteiger partial charge >= 0.3 is 0 Å². The van der Waals surface area contributed by atoms with Crippen molar-refractivity contribution in [2.24, 2.45) is 0 Å². The van der Waals surface area contributed by atoms with Crippen molar-refractivity contribution < 1.29 is 5.11 Å². The number of aromatic nitrogens is 1. The minimum atomic E-state index is 0. The molecule has 3 rings (SSSR count). The normalized spacial score (nSPS) is 11.9. The monoisotopic (exact) mass is 350 g/mol. The summed E-state index contributed by atoms with van der Waals surface area (Å²) in [5.41, 5.74) is 2.61. The SMILES string of the molecule is C.C[C@H](CCCCc1ccccc1)NCc1ccc2cncc(O)c2c1. The fraction of sp³-hybridized carbons (Fsp3) is 0.348. The molecule has 0 bridgehead atoms. The Hall–Kier alpha value is -2.39. The van der Waals surface area contributed by atoms with E-state index in [1.54, 1.807) is 6.20 Å². The average Bonchev–Trinajstić information content (AvgIpc) is 2.65. The second-order valence-electron chi connectivity index (χ2n) is 6.73. The van der Waals surface area contributed by atoms with Crippen molar-refractivity contribution in [3.63, 3.8) is 0 Å². The molecule has 0 spiro atoms. The van der Waals surface area contributed by atoms with Gasteiger partial charge in [-0.2, -0.15) is 0 Å². The fourth-order valence-electron chi connectivity index (χ4n) is 3.12. The van der Waals surface area contributed by atoms with E-state index in [0.717, 1.165) is 23.7 Å². The summed E-state index contributed by atoms with van der Waals surface area (Å²) in [5, 5.41) is 15.3. The van der Waals surface area contributed by atoms with Gasteiger partial charge in [-0.3, -0.25) is 4.98 Å². The van der Waals surface area contributed by atoms with Crippen molar-refractivity contribution in [3.05, 3.63) is 72.1 Å². The van der Waals surface area contributed by atoms with E-state index in [0.29, 0.717) is 6.04 Å². The highest BCUT2D eigenvalue weighted by Gasteiger charge is 2.05. The largest absolute Gasteiger partial charge is 0.506 e. The van der Waals surface area contributed by atoms with Gasteiger partial charge in [0.25, 0.3) is 0 Å². The van der Waals surface area contributed by atoms with E-state index >= 15 is 0 Å². The van der Waals surface area contributed by atoms with Gasteiger partial charge in [0, 0.05) is 29.6 Å². The number of aryl methyl sites for hydroxylation is 1. The number of hydrogen-bond donors (Lipinski definition) is 2. The van der Waals surface area contributed by atoms with Crippen molar-refractivity contribution in [3.8, 4) is 5.75 Å². The highest BCUT2D eigenvalue weighted by atomic mass is 16.3. The van der Waals surface area contributed by atoms with Crippen LogP contribution >= 0.6 is 0 Å². The minimum Gasteiger partial charge on any atom is -0.506 e. The van der Waals surface area contributed by atoms with Crippen molar-refractivity contribution >= 4 is 10.8 Å². The van der Waals surface area contributed by atoms with Crippen LogP contribution in [0.25, 0.3) is 10.8 Å². The van der Waals surface area contributed by atoms with E-state index in [1.165, 1.54) is 36.6 Å². The van der Waals surface area contributed by atoms with E-state index in [2.05, 4.69) is 53.6 Å². The Labute approximate surface area is 157 Å². The second kappa shape index (κ2) is 9.93. The zero-order valence-corrected chi connectivity index (χ0v) is 14.8. The second-order valence-corrected chi connectivity index (χ2v) is 6.73. The number of nitrogens with zero attached hydrogens (tertiary/aromatic N) is 1. The van der Waals surface area contributed by atoms with Crippen LogP contribution < -0.4 is 5.32 Å². The van der Waals surface area contributed by atoms with E-state index in [9.17, 15) is 5.11 Å². The van der Waals surface area contributed by atoms with Gasteiger partial charge in [0.1, 0.15) is 5.75 Å². The molecule has 1 aromatic heterocycles. The number of pyridine rings is 1. The lowest BCUT2D eigenvalue weighted by Gasteiger charge is -2.14. The van der Waals surface area contributed by atoms with Gasteiger partial charge < -0.3 is 10.4 Å². The third-order valence-corrected chi connectivity index (χ3v) is 4.65. The third-order valence-electron chi connectivity index (χ3n) is 4.65. The first-order valence-corrected chi connectivity index (χ1v) is 9.05. The van der Waals surface area contributed by atoms with Gasteiger partial charge in [-0.05, 0) is 43.4 Å². The van der Waals surface area contributed by atoms with Crippen LogP contribution in [0.5, 0.6) is 5.75 Å². The van der Waals surface area contributed by atoms with Crippen LogP contribution in [0.1, 0.15) is 44.7 Å². The summed E-state index contributed by atoms with van der Waals surface area (Å²) in [7, 11) is 0. The molecule has 2 N–H and O–H groups in total. The van der Waals surface area contributed by atoms with Crippen LogP contribution in [-0.4, -0.2) is 16.1 Å². The van der Waals surface area contributed by atoms with Gasteiger partial charge in [-0.1, -0.05) is 56.3 Å². The molecule has 0 aliphatic carbocycles. The van der Waals surface area contributed by atoms with Crippen LogP contribution in [-0.2, 0) is 13.0 Å². The Morgan fingerprint density at radius 2 is 1.81 bits per heavy atom. The molecule has 3 aromatic rings. The Morgan fingerprint density at radius 1 is 1.00 bits per heavy atom. The molecule has 3 nitrogen and oxygen atoms in total. The highest BCUT2D eigenvalue weighted by molar-refractivity contribution is 5.87. The number of hydrogen-bond acceptors (Lipinski definition) is 3. The Balaban J connectivity index is 0.00000243. The quantitative estimate of drug-likeness (QED) is 0.530. The average molecular weight is 351 g/mol. The number of aromatic hydroxyl groups is 1. The predicted octanol–water partition coefficient (Wildman–Crippen LogP) is 5.47. The minimum absolute atomic E-state index is 0. The molecule has 1 atom stereocenters. The van der Waals surface area contributed by atoms with E-state index in [-0.39, 0.29) is 13.2 Å². The molecule has 0 fully saturated rings. The molecular weight excluding hydrogens is 320 g/mol. The lowest BCUT2D eigenvalue weighted by atomic mass is 10.0. The van der Waals surface area contributed by atoms with Gasteiger partial charge in [-0.25, -0.2) is 0 Å². The predicted molar refractivity (Wildman–Crippen MR) is 110 cm³/mol. The fourth-order valence-corrected chi connectivity index (χ4v) is 3.12. The van der Waals surface area contributed by atoms with E-state index < -0.39 is 0 Å². The van der Waals surface area contributed by atoms with Gasteiger partial charge in [0.2, 0.25) is 0 Å². The summed E-state index contributed by atoms with van der Waals surface area (Å²) in [6.45, 7) is 3.06. The highest BCUT2D eigenvalue weighted by Crippen LogP contribution is 2.24. The Kier molecular flexibility index (Phi) is 7.61. The van der Waals surface area contributed by atoms with Crippen molar-refractivity contribution in [2.75, 3.05) is 0 Å². The van der Waals surface area contributed by atoms with Crippen LogP contribution in [0, 0.1) is 0 Å². The number of fused-ring (bicyclic) bond motifs is 1. The molecular formula is C23H30N2O.